The van der Waals surface area contributed by atoms with Gasteiger partial charge in [0, 0.05) is 3.57 Å². The predicted octanol–water partition coefficient (Wildman–Crippen LogP) is 3.80. The lowest BCUT2D eigenvalue weighted by atomic mass is 9.98. The molecule has 0 fully saturated rings. The predicted molar refractivity (Wildman–Crippen MR) is 82.9 cm³/mol. The van der Waals surface area contributed by atoms with Gasteiger partial charge >= 0.3 is 0 Å². The number of methoxy groups -OCH3 is 1. The van der Waals surface area contributed by atoms with Crippen LogP contribution < -0.4 is 10.5 Å². The summed E-state index contributed by atoms with van der Waals surface area (Å²) < 4.78 is 19.7. The van der Waals surface area contributed by atoms with Gasteiger partial charge in [0.25, 0.3) is 0 Å². The summed E-state index contributed by atoms with van der Waals surface area (Å²) >= 11 is 2.27. The summed E-state index contributed by atoms with van der Waals surface area (Å²) in [5.74, 6) is -0.159. The van der Waals surface area contributed by atoms with Crippen molar-refractivity contribution in [1.29, 1.82) is 0 Å². The molecule has 2 aromatic carbocycles. The first-order chi connectivity index (χ1) is 9.04. The third-order valence-corrected chi connectivity index (χ3v) is 4.57. The number of ether oxygens (including phenoxy) is 1. The van der Waals surface area contributed by atoms with Crippen LogP contribution in [-0.2, 0) is 0 Å². The zero-order valence-electron chi connectivity index (χ0n) is 10.8. The number of halogens is 2. The summed E-state index contributed by atoms with van der Waals surface area (Å²) in [5.41, 5.74) is 9.15. The van der Waals surface area contributed by atoms with E-state index in [2.05, 4.69) is 22.6 Å². The van der Waals surface area contributed by atoms with Gasteiger partial charge in [0.2, 0.25) is 0 Å². The molecule has 0 saturated heterocycles. The van der Waals surface area contributed by atoms with E-state index in [0.717, 1.165) is 14.7 Å². The van der Waals surface area contributed by atoms with Gasteiger partial charge in [-0.15, -0.1) is 0 Å². The van der Waals surface area contributed by atoms with Crippen molar-refractivity contribution in [3.8, 4) is 5.75 Å². The topological polar surface area (TPSA) is 35.2 Å². The number of hydrogen-bond donors (Lipinski definition) is 1. The number of hydrogen-bond acceptors (Lipinski definition) is 2. The molecule has 0 aromatic heterocycles. The highest BCUT2D eigenvalue weighted by atomic mass is 127. The SMILES string of the molecule is COc1ccc(C(N)c2cccc(C)c2I)cc1F. The zero-order chi connectivity index (χ0) is 14.0. The molecule has 2 rings (SSSR count). The van der Waals surface area contributed by atoms with E-state index in [0.29, 0.717) is 0 Å². The second-order valence-corrected chi connectivity index (χ2v) is 5.43. The molecule has 0 bridgehead atoms. The number of benzene rings is 2. The number of rotatable bonds is 3. The van der Waals surface area contributed by atoms with Gasteiger partial charge in [0.15, 0.2) is 11.6 Å². The quantitative estimate of drug-likeness (QED) is 0.834. The van der Waals surface area contributed by atoms with Gasteiger partial charge in [-0.25, -0.2) is 4.39 Å². The van der Waals surface area contributed by atoms with Crippen molar-refractivity contribution in [2.75, 3.05) is 7.11 Å². The Morgan fingerprint density at radius 1 is 1.26 bits per heavy atom. The van der Waals surface area contributed by atoms with Gasteiger partial charge in [-0.05, 0) is 58.3 Å². The van der Waals surface area contributed by atoms with Crippen molar-refractivity contribution in [1.82, 2.24) is 0 Å². The normalized spacial score (nSPS) is 12.3. The average Bonchev–Trinajstić information content (AvgIpc) is 2.41. The second kappa shape index (κ2) is 5.88. The van der Waals surface area contributed by atoms with E-state index < -0.39 is 5.82 Å². The number of aryl methyl sites for hydroxylation is 1. The molecule has 0 saturated carbocycles. The first-order valence-electron chi connectivity index (χ1n) is 5.88. The Labute approximate surface area is 125 Å². The molecule has 0 spiro atoms. The van der Waals surface area contributed by atoms with E-state index in [4.69, 9.17) is 10.5 Å². The van der Waals surface area contributed by atoms with Crippen LogP contribution in [0.2, 0.25) is 0 Å². The first-order valence-corrected chi connectivity index (χ1v) is 6.96. The van der Waals surface area contributed by atoms with E-state index in [1.54, 1.807) is 12.1 Å². The smallest absolute Gasteiger partial charge is 0.165 e. The van der Waals surface area contributed by atoms with Gasteiger partial charge < -0.3 is 10.5 Å². The van der Waals surface area contributed by atoms with Crippen LogP contribution in [0.25, 0.3) is 0 Å². The molecule has 1 atom stereocenters. The van der Waals surface area contributed by atoms with E-state index in [-0.39, 0.29) is 11.8 Å². The highest BCUT2D eigenvalue weighted by Crippen LogP contribution is 2.28. The fourth-order valence-electron chi connectivity index (χ4n) is 1.97. The largest absolute Gasteiger partial charge is 0.494 e. The molecule has 4 heteroatoms. The first kappa shape index (κ1) is 14.3. The van der Waals surface area contributed by atoms with E-state index in [1.807, 2.05) is 25.1 Å². The minimum absolute atomic E-state index is 0.231. The molecule has 0 aliphatic rings. The molecular weight excluding hydrogens is 356 g/mol. The molecule has 0 radical (unpaired) electrons. The van der Waals surface area contributed by atoms with Gasteiger partial charge in [0.05, 0.1) is 13.2 Å². The fraction of sp³-hybridized carbons (Fsp3) is 0.200. The van der Waals surface area contributed by atoms with Crippen LogP contribution >= 0.6 is 22.6 Å². The van der Waals surface area contributed by atoms with Crippen molar-refractivity contribution in [3.05, 3.63) is 62.5 Å². The maximum absolute atomic E-state index is 13.7. The Morgan fingerprint density at radius 3 is 2.63 bits per heavy atom. The molecule has 19 heavy (non-hydrogen) atoms. The molecule has 100 valence electrons. The molecule has 2 aromatic rings. The minimum atomic E-state index is -0.391. The highest BCUT2D eigenvalue weighted by molar-refractivity contribution is 14.1. The lowest BCUT2D eigenvalue weighted by Crippen LogP contribution is -2.14. The second-order valence-electron chi connectivity index (χ2n) is 4.35. The molecule has 0 aliphatic carbocycles. The molecule has 0 aliphatic heterocycles. The standard InChI is InChI=1S/C15H15FINO/c1-9-4-3-5-11(14(9)17)15(18)10-6-7-13(19-2)12(16)8-10/h3-8,15H,18H2,1-2H3. The Bertz CT molecular complexity index is 601. The molecule has 2 N–H and O–H groups in total. The summed E-state index contributed by atoms with van der Waals surface area (Å²) in [5, 5.41) is 0. The van der Waals surface area contributed by atoms with Crippen molar-refractivity contribution in [2.45, 2.75) is 13.0 Å². The van der Waals surface area contributed by atoms with Crippen LogP contribution in [-0.4, -0.2) is 7.11 Å². The van der Waals surface area contributed by atoms with Crippen molar-refractivity contribution < 1.29 is 9.13 Å². The highest BCUT2D eigenvalue weighted by Gasteiger charge is 2.15. The van der Waals surface area contributed by atoms with Crippen LogP contribution in [0.1, 0.15) is 22.7 Å². The van der Waals surface area contributed by atoms with Gasteiger partial charge in [-0.1, -0.05) is 24.3 Å². The van der Waals surface area contributed by atoms with Crippen LogP contribution in [0.15, 0.2) is 36.4 Å². The van der Waals surface area contributed by atoms with Crippen LogP contribution in [0.5, 0.6) is 5.75 Å². The summed E-state index contributed by atoms with van der Waals surface area (Å²) in [6.07, 6.45) is 0. The van der Waals surface area contributed by atoms with Crippen LogP contribution in [0, 0.1) is 16.3 Å². The molecular formula is C15H15FINO. The molecule has 1 unspecified atom stereocenters. The summed E-state index contributed by atoms with van der Waals surface area (Å²) in [4.78, 5) is 0. The summed E-state index contributed by atoms with van der Waals surface area (Å²) in [7, 11) is 1.45. The zero-order valence-corrected chi connectivity index (χ0v) is 12.9. The third-order valence-electron chi connectivity index (χ3n) is 3.09. The Balaban J connectivity index is 2.41. The van der Waals surface area contributed by atoms with E-state index in [9.17, 15) is 4.39 Å². The van der Waals surface area contributed by atoms with Crippen molar-refractivity contribution >= 4 is 22.6 Å². The monoisotopic (exact) mass is 371 g/mol. The summed E-state index contributed by atoms with van der Waals surface area (Å²) in [6, 6.07) is 10.5. The van der Waals surface area contributed by atoms with Gasteiger partial charge in [-0.2, -0.15) is 0 Å². The lowest BCUT2D eigenvalue weighted by Gasteiger charge is -2.16. The van der Waals surface area contributed by atoms with E-state index >= 15 is 0 Å². The maximum Gasteiger partial charge on any atom is 0.165 e. The molecule has 0 amide bonds. The lowest BCUT2D eigenvalue weighted by molar-refractivity contribution is 0.386. The Kier molecular flexibility index (Phi) is 4.42. The van der Waals surface area contributed by atoms with Gasteiger partial charge in [-0.3, -0.25) is 0 Å². The Hall–Kier alpha value is -1.14. The van der Waals surface area contributed by atoms with E-state index in [1.165, 1.54) is 18.7 Å². The summed E-state index contributed by atoms with van der Waals surface area (Å²) in [6.45, 7) is 2.03. The third kappa shape index (κ3) is 2.90. The number of nitrogens with two attached hydrogens (primary N) is 1. The van der Waals surface area contributed by atoms with Crippen LogP contribution in [0.4, 0.5) is 4.39 Å². The van der Waals surface area contributed by atoms with Crippen molar-refractivity contribution in [3.63, 3.8) is 0 Å². The maximum atomic E-state index is 13.7. The van der Waals surface area contributed by atoms with Crippen molar-refractivity contribution in [2.24, 2.45) is 5.73 Å². The molecule has 2 nitrogen and oxygen atoms in total. The fourth-order valence-corrected chi connectivity index (χ4v) is 2.66. The van der Waals surface area contributed by atoms with Gasteiger partial charge in [0.1, 0.15) is 0 Å². The van der Waals surface area contributed by atoms with Crippen LogP contribution in [0.3, 0.4) is 0 Å². The molecule has 0 heterocycles. The average molecular weight is 371 g/mol. The minimum Gasteiger partial charge on any atom is -0.494 e. The Morgan fingerprint density at radius 2 is 2.00 bits per heavy atom.